The number of hydrogen-bond donors (Lipinski definition) is 2. The van der Waals surface area contributed by atoms with Crippen molar-refractivity contribution in [3.8, 4) is 5.75 Å². The third-order valence-electron chi connectivity index (χ3n) is 5.15. The molecule has 0 saturated carbocycles. The number of amides is 3. The maximum atomic E-state index is 12.3. The first-order valence-electron chi connectivity index (χ1n) is 9.53. The Hall–Kier alpha value is -3.35. The minimum absolute atomic E-state index is 0.0647. The lowest BCUT2D eigenvalue weighted by Gasteiger charge is -2.31. The molecule has 2 aromatic rings. The number of hydrogen-bond acceptors (Lipinski definition) is 5. The number of ether oxygens (including phenoxy) is 1. The van der Waals surface area contributed by atoms with E-state index in [1.165, 1.54) is 31.4 Å². The van der Waals surface area contributed by atoms with Crippen LogP contribution in [-0.2, 0) is 11.2 Å². The molecule has 0 bridgehead atoms. The molecular weight excluding hydrogens is 372 g/mol. The van der Waals surface area contributed by atoms with Gasteiger partial charge >= 0.3 is 12.0 Å². The zero-order chi connectivity index (χ0) is 20.8. The number of imide groups is 1. The van der Waals surface area contributed by atoms with Gasteiger partial charge in [0, 0.05) is 18.7 Å². The summed E-state index contributed by atoms with van der Waals surface area (Å²) < 4.78 is 4.70. The number of piperidine rings is 1. The molecule has 0 spiro atoms. The fraction of sp³-hybridized carbons (Fsp3) is 0.318. The van der Waals surface area contributed by atoms with Gasteiger partial charge in [0.25, 0.3) is 5.91 Å². The van der Waals surface area contributed by atoms with Gasteiger partial charge in [-0.05, 0) is 67.1 Å². The highest BCUT2D eigenvalue weighted by molar-refractivity contribution is 6.04. The monoisotopic (exact) mass is 396 g/mol. The molecule has 2 aromatic carbocycles. The lowest BCUT2D eigenvalue weighted by atomic mass is 9.90. The first-order valence-corrected chi connectivity index (χ1v) is 9.53. The number of likely N-dealkylation sites (tertiary alicyclic amines) is 1. The van der Waals surface area contributed by atoms with Crippen molar-refractivity contribution in [2.75, 3.05) is 20.2 Å². The van der Waals surface area contributed by atoms with Crippen LogP contribution in [0.2, 0.25) is 0 Å². The van der Waals surface area contributed by atoms with Crippen LogP contribution in [-0.4, -0.2) is 48.1 Å². The number of methoxy groups -OCH3 is 1. The molecule has 7 nitrogen and oxygen atoms in total. The Morgan fingerprint density at radius 1 is 1.00 bits per heavy atom. The Bertz CT molecular complexity index is 869. The summed E-state index contributed by atoms with van der Waals surface area (Å²) >= 11 is 0. The average molecular weight is 396 g/mol. The molecule has 3 rings (SSSR count). The minimum Gasteiger partial charge on any atom is -0.508 e. The third-order valence-corrected chi connectivity index (χ3v) is 5.15. The molecule has 0 aromatic heterocycles. The highest BCUT2D eigenvalue weighted by Gasteiger charge is 2.24. The van der Waals surface area contributed by atoms with Crippen molar-refractivity contribution >= 4 is 17.9 Å². The van der Waals surface area contributed by atoms with Gasteiger partial charge < -0.3 is 14.7 Å². The van der Waals surface area contributed by atoms with Crippen LogP contribution in [0.25, 0.3) is 0 Å². The summed E-state index contributed by atoms with van der Waals surface area (Å²) in [6.07, 6.45) is 2.57. The Morgan fingerprint density at radius 2 is 1.59 bits per heavy atom. The Balaban J connectivity index is 1.47. The second kappa shape index (κ2) is 9.23. The van der Waals surface area contributed by atoms with E-state index in [2.05, 4.69) is 5.32 Å². The van der Waals surface area contributed by atoms with E-state index in [1.54, 1.807) is 17.0 Å². The molecule has 3 amide bonds. The number of phenols is 1. The predicted octanol–water partition coefficient (Wildman–Crippen LogP) is 2.98. The molecule has 7 heteroatoms. The molecule has 2 N–H and O–H groups in total. The summed E-state index contributed by atoms with van der Waals surface area (Å²) in [6, 6.07) is 12.7. The molecule has 1 aliphatic rings. The van der Waals surface area contributed by atoms with E-state index < -0.39 is 11.9 Å². The van der Waals surface area contributed by atoms with Crippen LogP contribution in [0.15, 0.2) is 48.5 Å². The lowest BCUT2D eigenvalue weighted by Crippen LogP contribution is -2.46. The molecule has 0 radical (unpaired) electrons. The summed E-state index contributed by atoms with van der Waals surface area (Å²) in [5.74, 6) is -0.328. The van der Waals surface area contributed by atoms with Crippen LogP contribution >= 0.6 is 0 Å². The summed E-state index contributed by atoms with van der Waals surface area (Å²) in [5.41, 5.74) is 1.99. The molecule has 1 aliphatic heterocycles. The second-order valence-electron chi connectivity index (χ2n) is 7.13. The van der Waals surface area contributed by atoms with Crippen LogP contribution in [0.4, 0.5) is 4.79 Å². The average Bonchev–Trinajstić information content (AvgIpc) is 2.74. The molecule has 152 valence electrons. The number of urea groups is 1. The predicted molar refractivity (Wildman–Crippen MR) is 107 cm³/mol. The number of esters is 1. The van der Waals surface area contributed by atoms with Gasteiger partial charge in [0.1, 0.15) is 5.75 Å². The Labute approximate surface area is 169 Å². The summed E-state index contributed by atoms with van der Waals surface area (Å²) in [4.78, 5) is 37.6. The first-order chi connectivity index (χ1) is 14.0. The molecule has 29 heavy (non-hydrogen) atoms. The molecule has 0 atom stereocenters. The van der Waals surface area contributed by atoms with Gasteiger partial charge in [-0.3, -0.25) is 10.1 Å². The fourth-order valence-corrected chi connectivity index (χ4v) is 3.43. The maximum Gasteiger partial charge on any atom is 0.337 e. The van der Waals surface area contributed by atoms with E-state index in [-0.39, 0.29) is 11.7 Å². The number of nitrogens with zero attached hydrogens (tertiary/aromatic N) is 1. The highest BCUT2D eigenvalue weighted by atomic mass is 16.5. The molecule has 1 saturated heterocycles. The van der Waals surface area contributed by atoms with Crippen molar-refractivity contribution in [2.45, 2.75) is 19.3 Å². The van der Waals surface area contributed by atoms with Crippen LogP contribution in [0.5, 0.6) is 5.75 Å². The number of carbonyl (C=O) groups is 3. The van der Waals surface area contributed by atoms with Crippen LogP contribution in [0, 0.1) is 5.92 Å². The maximum absolute atomic E-state index is 12.3. The standard InChI is InChI=1S/C22H24N2O5/c1-29-21(27)18-4-2-15(3-5-18)14-16-10-12-24(13-11-16)22(28)23-20(26)17-6-8-19(25)9-7-17/h2-9,16,25H,10-14H2,1H3,(H,23,26,28). The van der Waals surface area contributed by atoms with Crippen LogP contribution in [0.3, 0.4) is 0 Å². The van der Waals surface area contributed by atoms with Crippen LogP contribution in [0.1, 0.15) is 39.1 Å². The van der Waals surface area contributed by atoms with Gasteiger partial charge in [0.15, 0.2) is 0 Å². The van der Waals surface area contributed by atoms with E-state index in [9.17, 15) is 19.5 Å². The van der Waals surface area contributed by atoms with Gasteiger partial charge in [-0.25, -0.2) is 9.59 Å². The molecule has 1 heterocycles. The Kier molecular flexibility index (Phi) is 6.49. The van der Waals surface area contributed by atoms with E-state index in [4.69, 9.17) is 4.74 Å². The van der Waals surface area contributed by atoms with Crippen LogP contribution < -0.4 is 5.32 Å². The zero-order valence-electron chi connectivity index (χ0n) is 16.3. The number of aromatic hydroxyl groups is 1. The fourth-order valence-electron chi connectivity index (χ4n) is 3.43. The molecule has 0 aliphatic carbocycles. The van der Waals surface area contributed by atoms with E-state index in [0.717, 1.165) is 24.8 Å². The van der Waals surface area contributed by atoms with Crippen molar-refractivity contribution in [3.05, 3.63) is 65.2 Å². The topological polar surface area (TPSA) is 95.9 Å². The summed E-state index contributed by atoms with van der Waals surface area (Å²) in [7, 11) is 1.36. The van der Waals surface area contributed by atoms with Crippen molar-refractivity contribution < 1.29 is 24.2 Å². The number of nitrogens with one attached hydrogen (secondary N) is 1. The van der Waals surface area contributed by atoms with Crippen molar-refractivity contribution in [3.63, 3.8) is 0 Å². The second-order valence-corrected chi connectivity index (χ2v) is 7.13. The lowest BCUT2D eigenvalue weighted by molar-refractivity contribution is 0.0600. The molecular formula is C22H24N2O5. The first kappa shape index (κ1) is 20.4. The van der Waals surface area contributed by atoms with Gasteiger partial charge in [-0.2, -0.15) is 0 Å². The normalized spacial score (nSPS) is 14.3. The van der Waals surface area contributed by atoms with Crippen molar-refractivity contribution in [1.29, 1.82) is 0 Å². The van der Waals surface area contributed by atoms with Crippen molar-refractivity contribution in [1.82, 2.24) is 10.2 Å². The van der Waals surface area contributed by atoms with E-state index in [0.29, 0.717) is 30.1 Å². The highest BCUT2D eigenvalue weighted by Crippen LogP contribution is 2.22. The van der Waals surface area contributed by atoms with Gasteiger partial charge in [0.05, 0.1) is 12.7 Å². The summed E-state index contributed by atoms with van der Waals surface area (Å²) in [5, 5.41) is 11.7. The molecule has 0 unspecified atom stereocenters. The smallest absolute Gasteiger partial charge is 0.337 e. The van der Waals surface area contributed by atoms with E-state index >= 15 is 0 Å². The van der Waals surface area contributed by atoms with Crippen molar-refractivity contribution in [2.24, 2.45) is 5.92 Å². The SMILES string of the molecule is COC(=O)c1ccc(CC2CCN(C(=O)NC(=O)c3ccc(O)cc3)CC2)cc1. The Morgan fingerprint density at radius 3 is 2.17 bits per heavy atom. The minimum atomic E-state index is -0.484. The third kappa shape index (κ3) is 5.34. The van der Waals surface area contributed by atoms with Gasteiger partial charge in [-0.1, -0.05) is 12.1 Å². The van der Waals surface area contributed by atoms with Gasteiger partial charge in [0.2, 0.25) is 0 Å². The number of rotatable bonds is 4. The van der Waals surface area contributed by atoms with E-state index in [1.807, 2.05) is 12.1 Å². The zero-order valence-corrected chi connectivity index (χ0v) is 16.3. The largest absolute Gasteiger partial charge is 0.508 e. The molecule has 1 fully saturated rings. The number of carbonyl (C=O) groups excluding carboxylic acids is 3. The number of benzene rings is 2. The van der Waals surface area contributed by atoms with Gasteiger partial charge in [-0.15, -0.1) is 0 Å². The number of phenolic OH excluding ortho intramolecular Hbond substituents is 1. The quantitative estimate of drug-likeness (QED) is 0.775. The summed E-state index contributed by atoms with van der Waals surface area (Å²) in [6.45, 7) is 1.17.